The Morgan fingerprint density at radius 1 is 1.44 bits per heavy atom. The third-order valence-corrected chi connectivity index (χ3v) is 3.48. The van der Waals surface area contributed by atoms with E-state index in [1.807, 2.05) is 0 Å². The van der Waals surface area contributed by atoms with Crippen molar-refractivity contribution in [3.8, 4) is 0 Å². The van der Waals surface area contributed by atoms with E-state index in [4.69, 9.17) is 9.47 Å². The molecule has 16 heavy (non-hydrogen) atoms. The van der Waals surface area contributed by atoms with E-state index in [-0.39, 0.29) is 0 Å². The smallest absolute Gasteiger partial charge is 0.0543 e. The Hall–Kier alpha value is -0.120. The fourth-order valence-corrected chi connectivity index (χ4v) is 2.24. The first-order valence-corrected chi connectivity index (χ1v) is 6.61. The Morgan fingerprint density at radius 2 is 2.25 bits per heavy atom. The second kappa shape index (κ2) is 8.04. The minimum Gasteiger partial charge on any atom is -0.382 e. The third-order valence-electron chi connectivity index (χ3n) is 3.48. The van der Waals surface area contributed by atoms with E-state index in [0.717, 1.165) is 26.2 Å². The lowest BCUT2D eigenvalue weighted by atomic mass is 9.94. The topological polar surface area (TPSA) is 30.5 Å². The van der Waals surface area contributed by atoms with Crippen LogP contribution >= 0.6 is 0 Å². The zero-order valence-corrected chi connectivity index (χ0v) is 11.0. The molecule has 0 saturated carbocycles. The predicted octanol–water partition coefficient (Wildman–Crippen LogP) is 2.21. The number of methoxy groups -OCH3 is 1. The Balaban J connectivity index is 2.30. The van der Waals surface area contributed by atoms with Gasteiger partial charge in [0.15, 0.2) is 0 Å². The van der Waals surface area contributed by atoms with Crippen LogP contribution in [0.3, 0.4) is 0 Å². The van der Waals surface area contributed by atoms with Crippen molar-refractivity contribution in [2.45, 2.75) is 51.7 Å². The summed E-state index contributed by atoms with van der Waals surface area (Å²) >= 11 is 0. The van der Waals surface area contributed by atoms with Crippen molar-refractivity contribution in [2.24, 2.45) is 5.92 Å². The molecular weight excluding hydrogens is 202 g/mol. The molecule has 0 spiro atoms. The SMILES string of the molecule is CCCNC(CCC(C)OC)C1CCOC1. The fourth-order valence-electron chi connectivity index (χ4n) is 2.24. The highest BCUT2D eigenvalue weighted by Crippen LogP contribution is 2.21. The highest BCUT2D eigenvalue weighted by molar-refractivity contribution is 4.80. The van der Waals surface area contributed by atoms with Crippen LogP contribution in [-0.2, 0) is 9.47 Å². The van der Waals surface area contributed by atoms with E-state index >= 15 is 0 Å². The average molecular weight is 229 g/mol. The standard InChI is InChI=1S/C13H27NO2/c1-4-8-14-13(6-5-11(2)15-3)12-7-9-16-10-12/h11-14H,4-10H2,1-3H3. The van der Waals surface area contributed by atoms with Crippen molar-refractivity contribution in [2.75, 3.05) is 26.9 Å². The van der Waals surface area contributed by atoms with Gasteiger partial charge in [-0.2, -0.15) is 0 Å². The molecule has 1 aliphatic heterocycles. The molecule has 0 aromatic rings. The zero-order chi connectivity index (χ0) is 11.8. The highest BCUT2D eigenvalue weighted by Gasteiger charge is 2.25. The van der Waals surface area contributed by atoms with Gasteiger partial charge in [0.2, 0.25) is 0 Å². The largest absolute Gasteiger partial charge is 0.382 e. The molecule has 3 nitrogen and oxygen atoms in total. The second-order valence-corrected chi connectivity index (χ2v) is 4.81. The monoisotopic (exact) mass is 229 g/mol. The maximum absolute atomic E-state index is 5.48. The number of hydrogen-bond acceptors (Lipinski definition) is 3. The average Bonchev–Trinajstić information content (AvgIpc) is 2.82. The molecule has 1 saturated heterocycles. The first-order chi connectivity index (χ1) is 7.77. The van der Waals surface area contributed by atoms with Crippen molar-refractivity contribution in [3.05, 3.63) is 0 Å². The van der Waals surface area contributed by atoms with Gasteiger partial charge in [-0.3, -0.25) is 0 Å². The molecule has 0 aliphatic carbocycles. The minimum absolute atomic E-state index is 0.369. The highest BCUT2D eigenvalue weighted by atomic mass is 16.5. The Labute approximate surface area is 99.9 Å². The van der Waals surface area contributed by atoms with Gasteiger partial charge in [-0.15, -0.1) is 0 Å². The fraction of sp³-hybridized carbons (Fsp3) is 1.00. The van der Waals surface area contributed by atoms with Gasteiger partial charge in [-0.1, -0.05) is 6.92 Å². The molecule has 3 unspecified atom stereocenters. The second-order valence-electron chi connectivity index (χ2n) is 4.81. The normalized spacial score (nSPS) is 24.6. The van der Waals surface area contributed by atoms with E-state index in [1.54, 1.807) is 7.11 Å². The van der Waals surface area contributed by atoms with E-state index in [2.05, 4.69) is 19.2 Å². The summed E-state index contributed by atoms with van der Waals surface area (Å²) in [7, 11) is 1.79. The molecule has 96 valence electrons. The predicted molar refractivity (Wildman–Crippen MR) is 66.7 cm³/mol. The van der Waals surface area contributed by atoms with Gasteiger partial charge in [-0.25, -0.2) is 0 Å². The van der Waals surface area contributed by atoms with Crippen molar-refractivity contribution in [1.82, 2.24) is 5.32 Å². The summed E-state index contributed by atoms with van der Waals surface area (Å²) in [6, 6.07) is 0.611. The van der Waals surface area contributed by atoms with Gasteiger partial charge >= 0.3 is 0 Å². The first kappa shape index (κ1) is 13.9. The molecule has 3 atom stereocenters. The quantitative estimate of drug-likeness (QED) is 0.692. The summed E-state index contributed by atoms with van der Waals surface area (Å²) in [5, 5.41) is 3.66. The van der Waals surface area contributed by atoms with Gasteiger partial charge in [0, 0.05) is 19.8 Å². The van der Waals surface area contributed by atoms with Crippen molar-refractivity contribution in [1.29, 1.82) is 0 Å². The summed E-state index contributed by atoms with van der Waals surface area (Å²) in [6.07, 6.45) is 5.11. The lowest BCUT2D eigenvalue weighted by Crippen LogP contribution is -2.37. The maximum atomic E-state index is 5.48. The Bertz CT molecular complexity index is 169. The van der Waals surface area contributed by atoms with Gasteiger partial charge in [-0.05, 0) is 45.1 Å². The van der Waals surface area contributed by atoms with Gasteiger partial charge in [0.25, 0.3) is 0 Å². The zero-order valence-electron chi connectivity index (χ0n) is 11.0. The number of hydrogen-bond donors (Lipinski definition) is 1. The van der Waals surface area contributed by atoms with Crippen molar-refractivity contribution < 1.29 is 9.47 Å². The molecule has 0 bridgehead atoms. The van der Waals surface area contributed by atoms with E-state index in [1.165, 1.54) is 19.3 Å². The van der Waals surface area contributed by atoms with Crippen LogP contribution in [0.2, 0.25) is 0 Å². The van der Waals surface area contributed by atoms with Gasteiger partial charge in [0.1, 0.15) is 0 Å². The van der Waals surface area contributed by atoms with Crippen LogP contribution in [0, 0.1) is 5.92 Å². The van der Waals surface area contributed by atoms with Crippen LogP contribution in [0.5, 0.6) is 0 Å². The van der Waals surface area contributed by atoms with E-state index in [9.17, 15) is 0 Å². The van der Waals surface area contributed by atoms with Crippen LogP contribution in [0.15, 0.2) is 0 Å². The Kier molecular flexibility index (Phi) is 7.01. The van der Waals surface area contributed by atoms with Gasteiger partial charge in [0.05, 0.1) is 12.7 Å². The molecule has 1 fully saturated rings. The summed E-state index contributed by atoms with van der Waals surface area (Å²) in [4.78, 5) is 0. The van der Waals surface area contributed by atoms with E-state index in [0.29, 0.717) is 18.1 Å². The van der Waals surface area contributed by atoms with Crippen LogP contribution in [0.25, 0.3) is 0 Å². The molecule has 1 rings (SSSR count). The summed E-state index contributed by atoms with van der Waals surface area (Å²) in [6.45, 7) is 7.34. The summed E-state index contributed by atoms with van der Waals surface area (Å²) in [5.74, 6) is 0.704. The molecule has 1 aliphatic rings. The molecule has 3 heteroatoms. The third kappa shape index (κ3) is 4.81. The molecule has 0 aromatic heterocycles. The molecular formula is C13H27NO2. The molecule has 1 heterocycles. The summed E-state index contributed by atoms with van der Waals surface area (Å²) in [5.41, 5.74) is 0. The minimum atomic E-state index is 0.369. The lowest BCUT2D eigenvalue weighted by Gasteiger charge is -2.24. The van der Waals surface area contributed by atoms with E-state index < -0.39 is 0 Å². The lowest BCUT2D eigenvalue weighted by molar-refractivity contribution is 0.102. The number of rotatable bonds is 8. The summed E-state index contributed by atoms with van der Waals surface area (Å²) < 4.78 is 10.8. The van der Waals surface area contributed by atoms with Crippen LogP contribution < -0.4 is 5.32 Å². The Morgan fingerprint density at radius 3 is 2.81 bits per heavy atom. The van der Waals surface area contributed by atoms with Gasteiger partial charge < -0.3 is 14.8 Å². The molecule has 0 aromatic carbocycles. The van der Waals surface area contributed by atoms with Crippen LogP contribution in [0.1, 0.15) is 39.5 Å². The van der Waals surface area contributed by atoms with Crippen molar-refractivity contribution >= 4 is 0 Å². The molecule has 1 N–H and O–H groups in total. The molecule has 0 amide bonds. The van der Waals surface area contributed by atoms with Crippen molar-refractivity contribution in [3.63, 3.8) is 0 Å². The first-order valence-electron chi connectivity index (χ1n) is 6.61. The van der Waals surface area contributed by atoms with Crippen LogP contribution in [0.4, 0.5) is 0 Å². The number of nitrogens with one attached hydrogen (secondary N) is 1. The maximum Gasteiger partial charge on any atom is 0.0543 e. The molecule has 0 radical (unpaired) electrons. The van der Waals surface area contributed by atoms with Crippen LogP contribution in [-0.4, -0.2) is 39.0 Å². The number of ether oxygens (including phenoxy) is 2.